The second-order valence-corrected chi connectivity index (χ2v) is 8.93. The van der Waals surface area contributed by atoms with Gasteiger partial charge in [-0.25, -0.2) is 4.98 Å². The Hall–Kier alpha value is -3.85. The van der Waals surface area contributed by atoms with Gasteiger partial charge in [-0.05, 0) is 55.3 Å². The van der Waals surface area contributed by atoms with Gasteiger partial charge in [-0.2, -0.15) is 0 Å². The molecule has 1 unspecified atom stereocenters. The molecule has 3 aromatic rings. The topological polar surface area (TPSA) is 98.2 Å². The Balaban J connectivity index is 1.85. The van der Waals surface area contributed by atoms with Gasteiger partial charge in [0.15, 0.2) is 16.6 Å². The van der Waals surface area contributed by atoms with E-state index in [1.165, 1.54) is 16.2 Å². The average Bonchev–Trinajstić information content (AvgIpc) is 3.51. The van der Waals surface area contributed by atoms with Crippen LogP contribution in [0.25, 0.3) is 5.76 Å². The maximum Gasteiger partial charge on any atom is 0.301 e. The Bertz CT molecular complexity index is 1250. The number of Topliss-reactive ketones (excluding diaryl/α,β-unsaturated/α-hetero) is 1. The minimum atomic E-state index is -0.901. The van der Waals surface area contributed by atoms with Crippen LogP contribution < -0.4 is 19.1 Å². The van der Waals surface area contributed by atoms with E-state index in [0.717, 1.165) is 12.8 Å². The second-order valence-electron chi connectivity index (χ2n) is 8.05. The van der Waals surface area contributed by atoms with Crippen molar-refractivity contribution in [1.82, 2.24) is 4.98 Å². The monoisotopic (exact) mass is 508 g/mol. The fourth-order valence-corrected chi connectivity index (χ4v) is 4.66. The lowest BCUT2D eigenvalue weighted by Gasteiger charge is -2.24. The Kier molecular flexibility index (Phi) is 7.90. The van der Waals surface area contributed by atoms with Crippen molar-refractivity contribution in [2.45, 2.75) is 32.7 Å². The quantitative estimate of drug-likeness (QED) is 0.170. The fraction of sp³-hybridized carbons (Fsp3) is 0.296. The molecule has 4 rings (SSSR count). The van der Waals surface area contributed by atoms with Crippen molar-refractivity contribution in [3.05, 3.63) is 70.7 Å². The second kappa shape index (κ2) is 11.3. The first-order valence-electron chi connectivity index (χ1n) is 11.7. The summed E-state index contributed by atoms with van der Waals surface area (Å²) < 4.78 is 16.9. The number of carbonyl (C=O) groups excluding carboxylic acids is 2. The lowest BCUT2D eigenvalue weighted by atomic mass is 9.95. The molecule has 8 nitrogen and oxygen atoms in total. The molecule has 1 amide bonds. The predicted molar refractivity (Wildman–Crippen MR) is 138 cm³/mol. The number of nitrogens with zero attached hydrogens (tertiary/aromatic N) is 2. The molecular weight excluding hydrogens is 480 g/mol. The molecule has 1 aromatic heterocycles. The number of rotatable bonds is 10. The first-order chi connectivity index (χ1) is 17.5. The van der Waals surface area contributed by atoms with E-state index in [9.17, 15) is 14.7 Å². The van der Waals surface area contributed by atoms with Gasteiger partial charge >= 0.3 is 5.91 Å². The number of hydrogen-bond acceptors (Lipinski definition) is 8. The van der Waals surface area contributed by atoms with Crippen LogP contribution in [0.2, 0.25) is 0 Å². The van der Waals surface area contributed by atoms with Gasteiger partial charge in [0, 0.05) is 17.1 Å². The third-order valence-corrected chi connectivity index (χ3v) is 6.54. The average molecular weight is 509 g/mol. The summed E-state index contributed by atoms with van der Waals surface area (Å²) in [5.41, 5.74) is 0.954. The summed E-state index contributed by atoms with van der Waals surface area (Å²) in [6, 6.07) is 11.0. The predicted octanol–water partition coefficient (Wildman–Crippen LogP) is 5.36. The van der Waals surface area contributed by atoms with E-state index in [-0.39, 0.29) is 11.3 Å². The molecule has 2 aromatic carbocycles. The van der Waals surface area contributed by atoms with Crippen molar-refractivity contribution in [2.75, 3.05) is 25.2 Å². The smallest absolute Gasteiger partial charge is 0.301 e. The van der Waals surface area contributed by atoms with Crippen molar-refractivity contribution in [2.24, 2.45) is 0 Å². The molecule has 1 aliphatic heterocycles. The van der Waals surface area contributed by atoms with E-state index >= 15 is 0 Å². The van der Waals surface area contributed by atoms with Gasteiger partial charge in [-0.1, -0.05) is 19.4 Å². The number of benzene rings is 2. The number of anilines is 1. The molecule has 0 spiro atoms. The van der Waals surface area contributed by atoms with Gasteiger partial charge in [0.05, 0.1) is 31.9 Å². The minimum Gasteiger partial charge on any atom is -0.507 e. The summed E-state index contributed by atoms with van der Waals surface area (Å²) in [4.78, 5) is 32.1. The van der Waals surface area contributed by atoms with Crippen molar-refractivity contribution < 1.29 is 28.9 Å². The zero-order valence-corrected chi connectivity index (χ0v) is 21.2. The van der Waals surface area contributed by atoms with Crippen molar-refractivity contribution in [3.8, 4) is 17.2 Å². The molecule has 0 aliphatic carbocycles. The summed E-state index contributed by atoms with van der Waals surface area (Å²) in [6.45, 7) is 4.91. The standard InChI is InChI=1S/C27H28N2O6S/c1-4-6-14-35-20-12-9-18(16-21(20)34-5-2)23-22(24(30)17-7-10-19(33-3)11-8-17)25(31)26(32)29(23)27-28-13-15-36-27/h7-13,15-16,23,30H,4-6,14H2,1-3H3/b24-22+. The number of aliphatic hydroxyl groups excluding tert-OH is 1. The zero-order chi connectivity index (χ0) is 25.7. The van der Waals surface area contributed by atoms with Crippen LogP contribution in [0.4, 0.5) is 5.13 Å². The lowest BCUT2D eigenvalue weighted by Crippen LogP contribution is -2.29. The zero-order valence-electron chi connectivity index (χ0n) is 20.4. The summed E-state index contributed by atoms with van der Waals surface area (Å²) in [7, 11) is 1.54. The first kappa shape index (κ1) is 25.2. The molecule has 36 heavy (non-hydrogen) atoms. The minimum absolute atomic E-state index is 0.0255. The highest BCUT2D eigenvalue weighted by Gasteiger charge is 2.48. The summed E-state index contributed by atoms with van der Waals surface area (Å²) >= 11 is 1.24. The fourth-order valence-electron chi connectivity index (χ4n) is 3.99. The maximum atomic E-state index is 13.3. The van der Waals surface area contributed by atoms with E-state index in [2.05, 4.69) is 11.9 Å². The number of aliphatic hydroxyl groups is 1. The van der Waals surface area contributed by atoms with Crippen molar-refractivity contribution in [3.63, 3.8) is 0 Å². The molecule has 1 fully saturated rings. The van der Waals surface area contributed by atoms with Gasteiger partial charge in [0.2, 0.25) is 0 Å². The number of methoxy groups -OCH3 is 1. The van der Waals surface area contributed by atoms with Crippen molar-refractivity contribution in [1.29, 1.82) is 0 Å². The number of aromatic nitrogens is 1. The van der Waals surface area contributed by atoms with Crippen LogP contribution in [0, 0.1) is 0 Å². The maximum absolute atomic E-state index is 13.3. The highest BCUT2D eigenvalue weighted by Crippen LogP contribution is 2.44. The molecule has 0 saturated carbocycles. The summed E-state index contributed by atoms with van der Waals surface area (Å²) in [5, 5.41) is 13.3. The molecule has 1 N–H and O–H groups in total. The third kappa shape index (κ3) is 4.92. The van der Waals surface area contributed by atoms with Crippen LogP contribution in [0.3, 0.4) is 0 Å². The number of hydrogen-bond donors (Lipinski definition) is 1. The number of ketones is 1. The van der Waals surface area contributed by atoms with Crippen LogP contribution in [0.5, 0.6) is 17.2 Å². The summed E-state index contributed by atoms with van der Waals surface area (Å²) in [5.74, 6) is -0.140. The first-order valence-corrected chi connectivity index (χ1v) is 12.6. The van der Waals surface area contributed by atoms with Crippen LogP contribution >= 0.6 is 11.3 Å². The van der Waals surface area contributed by atoms with E-state index in [1.54, 1.807) is 61.2 Å². The Morgan fingerprint density at radius 2 is 1.86 bits per heavy atom. The molecule has 1 aliphatic rings. The Morgan fingerprint density at radius 3 is 2.50 bits per heavy atom. The largest absolute Gasteiger partial charge is 0.507 e. The lowest BCUT2D eigenvalue weighted by molar-refractivity contribution is -0.132. The highest BCUT2D eigenvalue weighted by molar-refractivity contribution is 7.14. The molecule has 9 heteroatoms. The molecule has 1 saturated heterocycles. The number of ether oxygens (including phenoxy) is 3. The van der Waals surface area contributed by atoms with Gasteiger partial charge in [-0.15, -0.1) is 11.3 Å². The Morgan fingerprint density at radius 1 is 1.08 bits per heavy atom. The Labute approximate surface area is 213 Å². The molecule has 188 valence electrons. The molecule has 0 bridgehead atoms. The highest BCUT2D eigenvalue weighted by atomic mass is 32.1. The summed E-state index contributed by atoms with van der Waals surface area (Å²) in [6.07, 6.45) is 3.46. The van der Waals surface area contributed by atoms with Crippen LogP contribution in [0.15, 0.2) is 59.6 Å². The van der Waals surface area contributed by atoms with E-state index < -0.39 is 17.7 Å². The van der Waals surface area contributed by atoms with E-state index in [1.807, 2.05) is 6.92 Å². The van der Waals surface area contributed by atoms with Crippen LogP contribution in [-0.4, -0.2) is 42.1 Å². The number of amides is 1. The molecule has 2 heterocycles. The molecular formula is C27H28N2O6S. The van der Waals surface area contributed by atoms with E-state index in [0.29, 0.717) is 46.7 Å². The van der Waals surface area contributed by atoms with Crippen LogP contribution in [0.1, 0.15) is 43.9 Å². The van der Waals surface area contributed by atoms with Gasteiger partial charge in [0.1, 0.15) is 11.5 Å². The number of unbranched alkanes of at least 4 members (excludes halogenated alkanes) is 1. The van der Waals surface area contributed by atoms with Gasteiger partial charge < -0.3 is 19.3 Å². The SMILES string of the molecule is CCCCOc1ccc(C2/C(=C(\O)c3ccc(OC)cc3)C(=O)C(=O)N2c2nccs2)cc1OCC. The molecule has 1 atom stereocenters. The van der Waals surface area contributed by atoms with E-state index in [4.69, 9.17) is 14.2 Å². The normalized spacial score (nSPS) is 16.9. The van der Waals surface area contributed by atoms with Crippen molar-refractivity contribution >= 4 is 33.9 Å². The third-order valence-electron chi connectivity index (χ3n) is 5.77. The number of thiazole rings is 1. The molecule has 0 radical (unpaired) electrons. The number of carbonyl (C=O) groups is 2. The van der Waals surface area contributed by atoms with Gasteiger partial charge in [-0.3, -0.25) is 14.5 Å². The van der Waals surface area contributed by atoms with Gasteiger partial charge in [0.25, 0.3) is 5.78 Å². The van der Waals surface area contributed by atoms with Crippen LogP contribution in [-0.2, 0) is 9.59 Å².